The van der Waals surface area contributed by atoms with Gasteiger partial charge in [-0.2, -0.15) is 0 Å². The molecular formula is C14H19BrN4S2. The van der Waals surface area contributed by atoms with Crippen LogP contribution in [0.1, 0.15) is 18.9 Å². The normalized spacial score (nSPS) is 12.4. The van der Waals surface area contributed by atoms with Crippen LogP contribution in [0.5, 0.6) is 0 Å². The Bertz CT molecular complexity index is 600. The highest BCUT2D eigenvalue weighted by atomic mass is 79.9. The molecule has 0 radical (unpaired) electrons. The standard InChI is InChI=1S/C14H19BrN4S2/c1-4-11(16)7-9-5-6-10(15)8-12(9)20-14-18-17-13(21-14)19(2)3/h5-6,8,11H,4,7,16H2,1-3H3. The van der Waals surface area contributed by atoms with Crippen molar-refractivity contribution >= 4 is 44.2 Å². The van der Waals surface area contributed by atoms with Crippen molar-refractivity contribution in [3.05, 3.63) is 28.2 Å². The van der Waals surface area contributed by atoms with Crippen LogP contribution in [0.25, 0.3) is 0 Å². The topological polar surface area (TPSA) is 55.0 Å². The molecule has 0 aliphatic carbocycles. The molecule has 0 saturated carbocycles. The third-order valence-corrected chi connectivity index (χ3v) is 5.75. The minimum atomic E-state index is 0.192. The maximum atomic E-state index is 6.10. The number of nitrogens with zero attached hydrogens (tertiary/aromatic N) is 3. The van der Waals surface area contributed by atoms with Crippen LogP contribution in [0.2, 0.25) is 0 Å². The summed E-state index contributed by atoms with van der Waals surface area (Å²) in [7, 11) is 3.94. The van der Waals surface area contributed by atoms with E-state index in [0.717, 1.165) is 26.8 Å². The fraction of sp³-hybridized carbons (Fsp3) is 0.429. The van der Waals surface area contributed by atoms with Crippen LogP contribution < -0.4 is 10.6 Å². The summed E-state index contributed by atoms with van der Waals surface area (Å²) >= 11 is 6.78. The van der Waals surface area contributed by atoms with Crippen molar-refractivity contribution < 1.29 is 0 Å². The lowest BCUT2D eigenvalue weighted by molar-refractivity contribution is 0.641. The van der Waals surface area contributed by atoms with E-state index >= 15 is 0 Å². The Balaban J connectivity index is 2.22. The van der Waals surface area contributed by atoms with Gasteiger partial charge in [0.2, 0.25) is 5.13 Å². The van der Waals surface area contributed by atoms with Crippen molar-refractivity contribution in [2.75, 3.05) is 19.0 Å². The smallest absolute Gasteiger partial charge is 0.208 e. The second kappa shape index (κ2) is 7.58. The number of hydrogen-bond acceptors (Lipinski definition) is 6. The van der Waals surface area contributed by atoms with E-state index in [1.54, 1.807) is 23.1 Å². The molecule has 7 heteroatoms. The van der Waals surface area contributed by atoms with Gasteiger partial charge in [-0.25, -0.2) is 0 Å². The summed E-state index contributed by atoms with van der Waals surface area (Å²) in [5.74, 6) is 0. The first-order chi connectivity index (χ1) is 9.99. The van der Waals surface area contributed by atoms with Crippen molar-refractivity contribution in [2.24, 2.45) is 5.73 Å². The molecule has 0 spiro atoms. The van der Waals surface area contributed by atoms with E-state index in [4.69, 9.17) is 5.73 Å². The summed E-state index contributed by atoms with van der Waals surface area (Å²) in [4.78, 5) is 3.16. The zero-order valence-corrected chi connectivity index (χ0v) is 15.6. The molecule has 114 valence electrons. The van der Waals surface area contributed by atoms with Crippen molar-refractivity contribution in [1.82, 2.24) is 10.2 Å². The quantitative estimate of drug-likeness (QED) is 0.817. The number of aromatic nitrogens is 2. The molecule has 2 aromatic rings. The van der Waals surface area contributed by atoms with E-state index in [1.807, 2.05) is 19.0 Å². The number of benzene rings is 1. The van der Waals surface area contributed by atoms with E-state index in [1.165, 1.54) is 10.5 Å². The molecule has 1 atom stereocenters. The lowest BCUT2D eigenvalue weighted by Crippen LogP contribution is -2.21. The van der Waals surface area contributed by atoms with Gasteiger partial charge in [-0.3, -0.25) is 0 Å². The first-order valence-corrected chi connectivity index (χ1v) is 9.15. The monoisotopic (exact) mass is 386 g/mol. The van der Waals surface area contributed by atoms with E-state index in [2.05, 4.69) is 51.3 Å². The molecule has 1 unspecified atom stereocenters. The number of rotatable bonds is 6. The molecule has 1 aromatic heterocycles. The fourth-order valence-electron chi connectivity index (χ4n) is 1.74. The minimum Gasteiger partial charge on any atom is -0.353 e. The molecule has 4 nitrogen and oxygen atoms in total. The van der Waals surface area contributed by atoms with Gasteiger partial charge in [0.05, 0.1) is 0 Å². The van der Waals surface area contributed by atoms with Crippen molar-refractivity contribution in [3.63, 3.8) is 0 Å². The van der Waals surface area contributed by atoms with Crippen molar-refractivity contribution in [2.45, 2.75) is 35.0 Å². The molecule has 0 amide bonds. The molecule has 0 aliphatic heterocycles. The first kappa shape index (κ1) is 16.7. The predicted molar refractivity (Wildman–Crippen MR) is 94.5 cm³/mol. The van der Waals surface area contributed by atoms with Crippen LogP contribution in [-0.4, -0.2) is 30.3 Å². The number of hydrogen-bond donors (Lipinski definition) is 1. The van der Waals surface area contributed by atoms with Crippen LogP contribution in [0.3, 0.4) is 0 Å². The molecule has 0 fully saturated rings. The maximum Gasteiger partial charge on any atom is 0.208 e. The summed E-state index contributed by atoms with van der Waals surface area (Å²) in [6.45, 7) is 2.12. The summed E-state index contributed by atoms with van der Waals surface area (Å²) in [6, 6.07) is 6.51. The van der Waals surface area contributed by atoms with Gasteiger partial charge in [0.15, 0.2) is 4.34 Å². The Kier molecular flexibility index (Phi) is 6.04. The van der Waals surface area contributed by atoms with Gasteiger partial charge in [-0.1, -0.05) is 52.0 Å². The van der Waals surface area contributed by atoms with Gasteiger partial charge < -0.3 is 10.6 Å². The maximum absolute atomic E-state index is 6.10. The van der Waals surface area contributed by atoms with Crippen LogP contribution in [0.4, 0.5) is 5.13 Å². The van der Waals surface area contributed by atoms with Crippen LogP contribution in [0, 0.1) is 0 Å². The Hall–Kier alpha value is -0.630. The average Bonchev–Trinajstić information content (AvgIpc) is 2.90. The van der Waals surface area contributed by atoms with Crippen LogP contribution in [0.15, 0.2) is 31.9 Å². The van der Waals surface area contributed by atoms with E-state index < -0.39 is 0 Å². The number of halogens is 1. The van der Waals surface area contributed by atoms with Gasteiger partial charge in [0.25, 0.3) is 0 Å². The second-order valence-electron chi connectivity index (χ2n) is 4.97. The predicted octanol–water partition coefficient (Wildman–Crippen LogP) is 3.80. The highest BCUT2D eigenvalue weighted by Crippen LogP contribution is 2.36. The van der Waals surface area contributed by atoms with Gasteiger partial charge >= 0.3 is 0 Å². The third-order valence-electron chi connectivity index (χ3n) is 3.01. The van der Waals surface area contributed by atoms with Gasteiger partial charge in [0, 0.05) is 29.5 Å². The SMILES string of the molecule is CCC(N)Cc1ccc(Br)cc1Sc1nnc(N(C)C)s1. The molecule has 1 heterocycles. The zero-order chi connectivity index (χ0) is 15.4. The molecule has 2 rings (SSSR count). The zero-order valence-electron chi connectivity index (χ0n) is 12.3. The molecule has 0 saturated heterocycles. The van der Waals surface area contributed by atoms with Crippen LogP contribution in [-0.2, 0) is 6.42 Å². The minimum absolute atomic E-state index is 0.192. The lowest BCUT2D eigenvalue weighted by atomic mass is 10.1. The molecule has 2 N–H and O–H groups in total. The van der Waals surface area contributed by atoms with Crippen molar-refractivity contribution in [1.29, 1.82) is 0 Å². The van der Waals surface area contributed by atoms with Crippen molar-refractivity contribution in [3.8, 4) is 0 Å². The first-order valence-electron chi connectivity index (χ1n) is 6.72. The van der Waals surface area contributed by atoms with Crippen LogP contribution >= 0.6 is 39.0 Å². The second-order valence-corrected chi connectivity index (χ2v) is 8.13. The van der Waals surface area contributed by atoms with Gasteiger partial charge in [0.1, 0.15) is 0 Å². The Morgan fingerprint density at radius 3 is 2.76 bits per heavy atom. The summed E-state index contributed by atoms with van der Waals surface area (Å²) < 4.78 is 2.01. The average molecular weight is 387 g/mol. The lowest BCUT2D eigenvalue weighted by Gasteiger charge is -2.12. The molecular weight excluding hydrogens is 368 g/mol. The largest absolute Gasteiger partial charge is 0.353 e. The summed E-state index contributed by atoms with van der Waals surface area (Å²) in [5, 5.41) is 9.34. The molecule has 1 aromatic carbocycles. The Morgan fingerprint density at radius 1 is 1.38 bits per heavy atom. The molecule has 0 aliphatic rings. The van der Waals surface area contributed by atoms with E-state index in [0.29, 0.717) is 0 Å². The van der Waals surface area contributed by atoms with E-state index in [-0.39, 0.29) is 6.04 Å². The molecule has 0 bridgehead atoms. The Labute approximate surface area is 142 Å². The van der Waals surface area contributed by atoms with Gasteiger partial charge in [-0.15, -0.1) is 10.2 Å². The van der Waals surface area contributed by atoms with Gasteiger partial charge in [-0.05, 0) is 30.5 Å². The highest BCUT2D eigenvalue weighted by Gasteiger charge is 2.12. The van der Waals surface area contributed by atoms with E-state index in [9.17, 15) is 0 Å². The fourth-order valence-corrected chi connectivity index (χ4v) is 4.15. The Morgan fingerprint density at radius 2 is 2.14 bits per heavy atom. The third kappa shape index (κ3) is 4.67. The highest BCUT2D eigenvalue weighted by molar-refractivity contribution is 9.10. The summed E-state index contributed by atoms with van der Waals surface area (Å²) in [6.07, 6.45) is 1.86. The number of nitrogens with two attached hydrogens (primary N) is 1. The molecule has 21 heavy (non-hydrogen) atoms. The summed E-state index contributed by atoms with van der Waals surface area (Å²) in [5.41, 5.74) is 7.36. The number of anilines is 1.